The van der Waals surface area contributed by atoms with Crippen LogP contribution in [-0.2, 0) is 121 Å². The Morgan fingerprint density at radius 3 is 0.764 bits per heavy atom. The van der Waals surface area contributed by atoms with Gasteiger partial charge in [-0.3, -0.25) is 62.3 Å². The van der Waals surface area contributed by atoms with E-state index in [1.54, 1.807) is 0 Å². The molecule has 694 valence electrons. The monoisotopic (exact) mass is 1830 g/mol. The molecule has 6 unspecified atom stereocenters. The molecule has 4 aromatic rings. The summed E-state index contributed by atoms with van der Waals surface area (Å²) in [6.45, 7) is 11.9. The van der Waals surface area contributed by atoms with Crippen LogP contribution in [0, 0.1) is 5.92 Å². The minimum Gasteiger partial charge on any atom is -0.426 e. The lowest BCUT2D eigenvalue weighted by atomic mass is 9.72. The second-order valence-corrected chi connectivity index (χ2v) is 35.4. The Labute approximate surface area is 759 Å². The third kappa shape index (κ3) is 45.3. The van der Waals surface area contributed by atoms with Gasteiger partial charge in [-0.05, 0) is 185 Å². The summed E-state index contributed by atoms with van der Waals surface area (Å²) in [6, 6.07) is 26.5. The molecule has 7 saturated heterocycles. The van der Waals surface area contributed by atoms with E-state index in [2.05, 4.69) is 31.9 Å². The van der Waals surface area contributed by atoms with Crippen molar-refractivity contribution in [2.24, 2.45) is 11.7 Å². The lowest BCUT2D eigenvalue weighted by molar-refractivity contribution is -0.123. The van der Waals surface area contributed by atoms with Crippen LogP contribution < -0.4 is 37.6 Å². The summed E-state index contributed by atoms with van der Waals surface area (Å²) in [5, 5.41) is 88.5. The van der Waals surface area contributed by atoms with Gasteiger partial charge in [0.2, 0.25) is 35.4 Å². The van der Waals surface area contributed by atoms with Gasteiger partial charge in [0, 0.05) is 116 Å². The van der Waals surface area contributed by atoms with Gasteiger partial charge in [0.25, 0.3) is 0 Å². The number of benzene rings is 2. The van der Waals surface area contributed by atoms with E-state index in [-0.39, 0.29) is 168 Å². The van der Waals surface area contributed by atoms with Gasteiger partial charge >= 0.3 is 49.8 Å². The maximum atomic E-state index is 12.0. The quantitative estimate of drug-likeness (QED) is 0.0347. The highest BCUT2D eigenvalue weighted by Crippen LogP contribution is 2.31. The number of halogens is 1. The molecule has 9 heterocycles. The number of ketones is 7. The van der Waals surface area contributed by atoms with Gasteiger partial charge in [-0.1, -0.05) is 72.8 Å². The van der Waals surface area contributed by atoms with Gasteiger partial charge in [-0.2, -0.15) is 0 Å². The fourth-order valence-corrected chi connectivity index (χ4v) is 16.3. The fourth-order valence-electron chi connectivity index (χ4n) is 14.9. The molecule has 44 heteroatoms. The number of nitrogens with two attached hydrogens (primary N) is 1. The van der Waals surface area contributed by atoms with Crippen molar-refractivity contribution in [2.75, 3.05) is 0 Å². The highest BCUT2D eigenvalue weighted by molar-refractivity contribution is 7.10. The van der Waals surface area contributed by atoms with Crippen LogP contribution in [0.4, 0.5) is 0 Å². The van der Waals surface area contributed by atoms with Gasteiger partial charge in [-0.15, -0.1) is 35.1 Å². The summed E-state index contributed by atoms with van der Waals surface area (Å²) >= 11 is 3.06. The second-order valence-electron chi connectivity index (χ2n) is 33.3. The van der Waals surface area contributed by atoms with Gasteiger partial charge in [0.1, 0.15) is 40.5 Å². The molecule has 2 aromatic carbocycles. The van der Waals surface area contributed by atoms with E-state index in [0.29, 0.717) is 135 Å². The Hall–Kier alpha value is -7.51. The van der Waals surface area contributed by atoms with E-state index in [0.717, 1.165) is 46.6 Å². The molecule has 0 spiro atoms. The van der Waals surface area contributed by atoms with Crippen LogP contribution in [0.15, 0.2) is 95.7 Å². The second kappa shape index (κ2) is 58.3. The van der Waals surface area contributed by atoms with Crippen molar-refractivity contribution < 1.29 is 130 Å². The minimum absolute atomic E-state index is 0. The topological polar surface area (TPSA) is 526 Å². The number of rotatable bonds is 29. The van der Waals surface area contributed by atoms with Crippen LogP contribution in [0.1, 0.15) is 224 Å². The first-order valence-electron chi connectivity index (χ1n) is 43.3. The molecule has 7 aliphatic heterocycles. The zero-order chi connectivity index (χ0) is 92.5. The predicted molar refractivity (Wildman–Crippen MR) is 483 cm³/mol. The zero-order valence-corrected chi connectivity index (χ0v) is 76.1. The molecular formula is C83H125B7ClN7O27S2. The standard InChI is InChI=1S/2C15H20BNO4.2C13H18BNO4S.C11H18BNO4.C9H16BNO4.C7H14BNO3.ClH/c2*1-11(18)9-13-7-8-14(16(20)21-13)17-15(19)10-12-5-3-2-4-6-12;2*1-9(16)7-10-4-5-12(14(18)19-10)15-13(17)8-11-3-2-6-20-11;1-7(14)6-9-4-5-10(12(16)17-9)13-11(15)8-2-3-8;1-6(12)5-8-3-4-9(10(14)15-8)11-7(2)13;1-5(10)4-6-2-3-7(9)8(11)12-6;/h2*2-6,13-14,20H,7-10H2,1H3,(H,17,19);2*2-3,6,10,12,18H,4-5,7-8H2,1H3,(H,15,17);8-10,16H,2-6H2,1H3,(H,13,15);8-9,14H,3-5H2,1-2H3,(H,11,13);6-7,11H,2-4,9H2,1H3;1H/t2*13?,14-;10?,12-;10-,12-;9?,10-;8?,9-;6?,7-;/m0000000./s1. The molecule has 15 N–H and O–H groups in total. The molecule has 127 heavy (non-hydrogen) atoms. The van der Waals surface area contributed by atoms with E-state index >= 15 is 0 Å². The van der Waals surface area contributed by atoms with Crippen molar-refractivity contribution >= 4 is 161 Å². The SMILES string of the molecule is CC(=O)CC1CC[C@H](N)B(O)O1.CC(=O)CC1CC[C@H](NC(=O)C2CC2)B(O)O1.CC(=O)CC1CC[C@H](NC(=O)Cc2ccccc2)B(O)O1.CC(=O)CC1CC[C@H](NC(=O)Cc2ccccc2)B(O)O1.CC(=O)CC1CC[C@H](NC(=O)Cc2cccs2)B(O)O1.CC(=O)CC1CC[C@H](NC(C)=O)B(O)O1.CC(=O)C[C@@H]1CC[C@H](NC(=O)Cc2cccs2)B(O)O1.Cl. The van der Waals surface area contributed by atoms with Gasteiger partial charge in [0.05, 0.1) is 61.3 Å². The number of amides is 6. The summed E-state index contributed by atoms with van der Waals surface area (Å²) in [6.07, 6.45) is 13.1. The third-order valence-electron chi connectivity index (χ3n) is 21.3. The molecule has 1 aliphatic carbocycles. The molecule has 34 nitrogen and oxygen atoms in total. The van der Waals surface area contributed by atoms with Crippen molar-refractivity contribution in [3.05, 3.63) is 117 Å². The van der Waals surface area contributed by atoms with Crippen LogP contribution in [0.5, 0.6) is 0 Å². The van der Waals surface area contributed by atoms with Crippen molar-refractivity contribution in [3.63, 3.8) is 0 Å². The Morgan fingerprint density at radius 1 is 0.307 bits per heavy atom. The smallest absolute Gasteiger partial charge is 0.426 e. The van der Waals surface area contributed by atoms with E-state index in [1.807, 2.05) is 95.7 Å². The fraction of sp³-hybridized carbons (Fsp3) is 0.602. The van der Waals surface area contributed by atoms with E-state index < -0.39 is 73.6 Å². The lowest BCUT2D eigenvalue weighted by Crippen LogP contribution is -2.53. The number of hydrogen-bond donors (Lipinski definition) is 14. The number of thiophene rings is 2. The summed E-state index contributed by atoms with van der Waals surface area (Å²) in [5.41, 5.74) is 7.36. The molecule has 1 saturated carbocycles. The molecule has 6 amide bonds. The average Bonchev–Trinajstić information content (AvgIpc) is 1.59. The predicted octanol–water partition coefficient (Wildman–Crippen LogP) is 3.33. The van der Waals surface area contributed by atoms with Crippen molar-refractivity contribution in [1.29, 1.82) is 0 Å². The maximum Gasteiger partial charge on any atom is 0.478 e. The van der Waals surface area contributed by atoms with Gasteiger partial charge in [0.15, 0.2) is 0 Å². The summed E-state index contributed by atoms with van der Waals surface area (Å²) in [5.74, 6) is -2.80. The van der Waals surface area contributed by atoms with Crippen molar-refractivity contribution in [1.82, 2.24) is 31.9 Å². The van der Waals surface area contributed by atoms with Crippen LogP contribution in [0.25, 0.3) is 0 Å². The summed E-state index contributed by atoms with van der Waals surface area (Å²) in [7, 11) is -7.09. The van der Waals surface area contributed by atoms with Crippen LogP contribution in [0.2, 0.25) is 0 Å². The Bertz CT molecular complexity index is 3900. The number of hydrogen-bond acceptors (Lipinski definition) is 30. The third-order valence-corrected chi connectivity index (χ3v) is 23.0. The molecule has 2 aromatic heterocycles. The normalized spacial score (nSPS) is 24.2. The molecule has 0 bridgehead atoms. The lowest BCUT2D eigenvalue weighted by Gasteiger charge is -2.31. The zero-order valence-electron chi connectivity index (χ0n) is 73.6. The van der Waals surface area contributed by atoms with Crippen LogP contribution in [0.3, 0.4) is 0 Å². The largest absolute Gasteiger partial charge is 0.478 e. The van der Waals surface area contributed by atoms with Crippen LogP contribution in [-0.4, -0.2) is 245 Å². The van der Waals surface area contributed by atoms with E-state index in [4.69, 9.17) is 38.3 Å². The molecular weight excluding hydrogens is 1700 g/mol. The first kappa shape index (κ1) is 110. The molecule has 0 radical (unpaired) electrons. The Morgan fingerprint density at radius 2 is 0.543 bits per heavy atom. The minimum atomic E-state index is -1.05. The Balaban J connectivity index is 0.000000264. The Kier molecular flexibility index (Phi) is 50.5. The molecule has 12 rings (SSSR count). The molecule has 14 atom stereocenters. The average molecular weight is 1830 g/mol. The first-order valence-corrected chi connectivity index (χ1v) is 45.0. The highest BCUT2D eigenvalue weighted by Gasteiger charge is 2.43. The molecule has 8 fully saturated rings. The molecule has 8 aliphatic rings. The summed E-state index contributed by atoms with van der Waals surface area (Å²) < 4.78 is 37.2. The van der Waals surface area contributed by atoms with E-state index in [9.17, 15) is 97.5 Å². The van der Waals surface area contributed by atoms with Crippen molar-refractivity contribution in [3.8, 4) is 0 Å². The van der Waals surface area contributed by atoms with Crippen molar-refractivity contribution in [2.45, 2.75) is 313 Å². The summed E-state index contributed by atoms with van der Waals surface area (Å²) in [4.78, 5) is 149. The number of Topliss-reactive ketones (excluding diaryl/α,β-unsaturated/α-hetero) is 7. The highest BCUT2D eigenvalue weighted by atomic mass is 35.5. The van der Waals surface area contributed by atoms with E-state index in [1.165, 1.54) is 78.1 Å². The maximum absolute atomic E-state index is 12.0. The number of carbonyl (C=O) groups is 13. The van der Waals surface area contributed by atoms with Crippen LogP contribution >= 0.6 is 35.1 Å². The number of carbonyl (C=O) groups excluding carboxylic acids is 13. The van der Waals surface area contributed by atoms with Gasteiger partial charge < -0.3 is 105 Å². The first-order chi connectivity index (χ1) is 59.8. The van der Waals surface area contributed by atoms with Gasteiger partial charge in [-0.25, -0.2) is 0 Å². The number of nitrogens with one attached hydrogen (secondary N) is 6.